The monoisotopic (exact) mass is 590 g/mol. The molecule has 1 saturated heterocycles. The largest absolute Gasteiger partial charge is 0.493 e. The van der Waals surface area contributed by atoms with Crippen LogP contribution in [-0.4, -0.2) is 37.3 Å². The maximum atomic E-state index is 13.4. The predicted molar refractivity (Wildman–Crippen MR) is 147 cm³/mol. The van der Waals surface area contributed by atoms with Crippen LogP contribution in [-0.2, 0) is 11.4 Å². The number of halogens is 2. The van der Waals surface area contributed by atoms with Gasteiger partial charge in [-0.1, -0.05) is 24.3 Å². The van der Waals surface area contributed by atoms with Crippen LogP contribution >= 0.6 is 39.5 Å². The first-order valence-corrected chi connectivity index (χ1v) is 13.9. The molecular weight excluding hydrogens is 567 g/mol. The smallest absolute Gasteiger partial charge is 0.277 e. The van der Waals surface area contributed by atoms with Gasteiger partial charge in [0.25, 0.3) is 5.91 Å². The molecule has 0 unspecified atom stereocenters. The standard InChI is InChI=1S/C26H24BrFN2O4S2/c1-32-23-13-18(12-22(27)25(23)34-15-17-3-2-4-20(28)11-17)14-29-30-24(31)16-33-21-7-5-19(6-8-21)26-35-9-10-36-26/h2-8,11-14,26H,9-10,15-16H2,1H3,(H,30,31)/b29-14-. The van der Waals surface area contributed by atoms with Crippen molar-refractivity contribution in [1.29, 1.82) is 0 Å². The molecule has 0 aliphatic carbocycles. The molecule has 10 heteroatoms. The van der Waals surface area contributed by atoms with Gasteiger partial charge in [-0.05, 0) is 69.0 Å². The lowest BCUT2D eigenvalue weighted by molar-refractivity contribution is -0.123. The maximum Gasteiger partial charge on any atom is 0.277 e. The molecule has 0 bridgehead atoms. The minimum absolute atomic E-state index is 0.149. The highest BCUT2D eigenvalue weighted by atomic mass is 79.9. The van der Waals surface area contributed by atoms with Gasteiger partial charge < -0.3 is 14.2 Å². The predicted octanol–water partition coefficient (Wildman–Crippen LogP) is 6.18. The SMILES string of the molecule is COc1cc(/C=N\NC(=O)COc2ccc(C3SCCS3)cc2)cc(Br)c1OCc1cccc(F)c1. The Labute approximate surface area is 226 Å². The zero-order chi connectivity index (χ0) is 25.3. The Kier molecular flexibility index (Phi) is 9.54. The first-order valence-electron chi connectivity index (χ1n) is 11.0. The Morgan fingerprint density at radius 3 is 2.64 bits per heavy atom. The second-order valence-corrected chi connectivity index (χ2v) is 11.3. The van der Waals surface area contributed by atoms with E-state index in [1.54, 1.807) is 24.3 Å². The van der Waals surface area contributed by atoms with E-state index in [0.29, 0.717) is 37.4 Å². The number of hydrogen-bond donors (Lipinski definition) is 1. The van der Waals surface area contributed by atoms with Crippen molar-refractivity contribution in [3.05, 3.63) is 87.6 Å². The number of carbonyl (C=O) groups is 1. The van der Waals surface area contributed by atoms with Crippen molar-refractivity contribution >= 4 is 51.6 Å². The minimum Gasteiger partial charge on any atom is -0.493 e. The highest BCUT2D eigenvalue weighted by Crippen LogP contribution is 2.45. The van der Waals surface area contributed by atoms with Gasteiger partial charge in [-0.2, -0.15) is 5.10 Å². The van der Waals surface area contributed by atoms with Gasteiger partial charge in [0.05, 0.1) is 22.4 Å². The van der Waals surface area contributed by atoms with Crippen LogP contribution in [0, 0.1) is 5.82 Å². The molecule has 188 valence electrons. The number of methoxy groups -OCH3 is 1. The van der Waals surface area contributed by atoms with Crippen LogP contribution in [0.1, 0.15) is 21.3 Å². The molecule has 0 atom stereocenters. The van der Waals surface area contributed by atoms with Crippen molar-refractivity contribution in [2.45, 2.75) is 11.2 Å². The van der Waals surface area contributed by atoms with Crippen LogP contribution in [0.25, 0.3) is 0 Å². The van der Waals surface area contributed by atoms with E-state index in [1.165, 1.54) is 42.5 Å². The van der Waals surface area contributed by atoms with Gasteiger partial charge in [0.2, 0.25) is 0 Å². The highest BCUT2D eigenvalue weighted by molar-refractivity contribution is 9.10. The van der Waals surface area contributed by atoms with Gasteiger partial charge in [0.1, 0.15) is 18.2 Å². The maximum absolute atomic E-state index is 13.4. The summed E-state index contributed by atoms with van der Waals surface area (Å²) >= 11 is 7.36. The molecule has 1 heterocycles. The van der Waals surface area contributed by atoms with Gasteiger partial charge in [0.15, 0.2) is 18.1 Å². The Morgan fingerprint density at radius 2 is 1.92 bits per heavy atom. The van der Waals surface area contributed by atoms with Crippen LogP contribution in [0.15, 0.2) is 70.2 Å². The van der Waals surface area contributed by atoms with Gasteiger partial charge in [-0.3, -0.25) is 4.79 Å². The molecule has 36 heavy (non-hydrogen) atoms. The minimum atomic E-state index is -0.377. The summed E-state index contributed by atoms with van der Waals surface area (Å²) in [5.41, 5.74) is 5.09. The van der Waals surface area contributed by atoms with E-state index in [9.17, 15) is 9.18 Å². The Morgan fingerprint density at radius 1 is 1.14 bits per heavy atom. The van der Waals surface area contributed by atoms with Crippen molar-refractivity contribution in [3.8, 4) is 17.2 Å². The van der Waals surface area contributed by atoms with Crippen LogP contribution in [0.4, 0.5) is 4.39 Å². The van der Waals surface area contributed by atoms with E-state index in [-0.39, 0.29) is 24.9 Å². The van der Waals surface area contributed by atoms with E-state index < -0.39 is 0 Å². The highest BCUT2D eigenvalue weighted by Gasteiger charge is 2.18. The third-order valence-electron chi connectivity index (χ3n) is 5.07. The molecule has 6 nitrogen and oxygen atoms in total. The average Bonchev–Trinajstić information content (AvgIpc) is 3.42. The number of thioether (sulfide) groups is 2. The number of carbonyl (C=O) groups excluding carboxylic acids is 1. The molecule has 0 aromatic heterocycles. The molecule has 4 rings (SSSR count). The van der Waals surface area contributed by atoms with E-state index in [4.69, 9.17) is 14.2 Å². The summed E-state index contributed by atoms with van der Waals surface area (Å²) in [6.07, 6.45) is 1.49. The number of nitrogens with one attached hydrogen (secondary N) is 1. The molecule has 1 aliphatic heterocycles. The summed E-state index contributed by atoms with van der Waals surface area (Å²) in [4.78, 5) is 12.1. The fourth-order valence-electron chi connectivity index (χ4n) is 3.37. The molecule has 3 aromatic rings. The zero-order valence-corrected chi connectivity index (χ0v) is 22.6. The van der Waals surface area contributed by atoms with Gasteiger partial charge in [-0.15, -0.1) is 23.5 Å². The third-order valence-corrected chi connectivity index (χ3v) is 8.76. The van der Waals surface area contributed by atoms with E-state index in [1.807, 2.05) is 47.8 Å². The number of benzene rings is 3. The summed E-state index contributed by atoms with van der Waals surface area (Å²) in [5.74, 6) is 3.23. The number of rotatable bonds is 10. The zero-order valence-electron chi connectivity index (χ0n) is 19.4. The normalized spacial score (nSPS) is 13.6. The Hall–Kier alpha value is -2.69. The van der Waals surface area contributed by atoms with Crippen molar-refractivity contribution in [2.75, 3.05) is 25.2 Å². The fourth-order valence-corrected chi connectivity index (χ4v) is 6.80. The summed E-state index contributed by atoms with van der Waals surface area (Å²) in [5, 5.41) is 4.00. The molecule has 0 spiro atoms. The molecular formula is C26H24BrFN2O4S2. The number of amides is 1. The van der Waals surface area contributed by atoms with Crippen LogP contribution in [0.2, 0.25) is 0 Å². The average molecular weight is 592 g/mol. The molecule has 1 fully saturated rings. The molecule has 0 saturated carbocycles. The van der Waals surface area contributed by atoms with Gasteiger partial charge >= 0.3 is 0 Å². The number of hydrazone groups is 1. The van der Waals surface area contributed by atoms with E-state index >= 15 is 0 Å². The molecule has 1 N–H and O–H groups in total. The summed E-state index contributed by atoms with van der Waals surface area (Å²) < 4.78 is 31.3. The number of hydrogen-bond acceptors (Lipinski definition) is 7. The second kappa shape index (κ2) is 13.0. The van der Waals surface area contributed by atoms with Crippen molar-refractivity contribution in [3.63, 3.8) is 0 Å². The lowest BCUT2D eigenvalue weighted by atomic mass is 10.2. The molecule has 3 aromatic carbocycles. The van der Waals surface area contributed by atoms with Crippen LogP contribution in [0.5, 0.6) is 17.2 Å². The topological polar surface area (TPSA) is 69.2 Å². The van der Waals surface area contributed by atoms with Gasteiger partial charge in [-0.25, -0.2) is 9.82 Å². The quantitative estimate of drug-likeness (QED) is 0.224. The Balaban J connectivity index is 1.28. The molecule has 1 amide bonds. The first kappa shape index (κ1) is 26.4. The fraction of sp³-hybridized carbons (Fsp3) is 0.231. The summed E-state index contributed by atoms with van der Waals surface area (Å²) in [7, 11) is 1.52. The van der Waals surface area contributed by atoms with Crippen molar-refractivity contribution < 1.29 is 23.4 Å². The second-order valence-electron chi connectivity index (χ2n) is 7.68. The molecule has 0 radical (unpaired) electrons. The summed E-state index contributed by atoms with van der Waals surface area (Å²) in [6, 6.07) is 17.5. The number of ether oxygens (including phenoxy) is 3. The van der Waals surface area contributed by atoms with Gasteiger partial charge in [0, 0.05) is 11.5 Å². The lowest BCUT2D eigenvalue weighted by Gasteiger charge is -2.13. The summed E-state index contributed by atoms with van der Waals surface area (Å²) in [6.45, 7) is 0.0287. The lowest BCUT2D eigenvalue weighted by Crippen LogP contribution is -2.24. The van der Waals surface area contributed by atoms with Crippen LogP contribution < -0.4 is 19.6 Å². The van der Waals surface area contributed by atoms with E-state index in [0.717, 1.165) is 0 Å². The molecule has 1 aliphatic rings. The van der Waals surface area contributed by atoms with Crippen molar-refractivity contribution in [1.82, 2.24) is 5.43 Å². The Bertz CT molecular complexity index is 1220. The third kappa shape index (κ3) is 7.41. The van der Waals surface area contributed by atoms with E-state index in [2.05, 4.69) is 26.5 Å². The first-order chi connectivity index (χ1) is 17.5. The number of nitrogens with zero attached hydrogens (tertiary/aromatic N) is 1. The van der Waals surface area contributed by atoms with Crippen LogP contribution in [0.3, 0.4) is 0 Å². The van der Waals surface area contributed by atoms with Crippen molar-refractivity contribution in [2.24, 2.45) is 5.10 Å².